The third-order valence-corrected chi connectivity index (χ3v) is 7.33. The SMILES string of the molecule is C=C(C)CC(O)(Cc1ccc(C(C)(C)C)c(F)c1)[C@@H](O)[C@@](O)(Cc1ccc(C(C)(C)C)c(F)c1)[C@H](O)[C@@H](O)CO. The van der Waals surface area contributed by atoms with Gasteiger partial charge in [0.2, 0.25) is 0 Å². The smallest absolute Gasteiger partial charge is 0.127 e. The van der Waals surface area contributed by atoms with Crippen molar-refractivity contribution in [3.63, 3.8) is 0 Å². The van der Waals surface area contributed by atoms with Crippen LogP contribution in [0.4, 0.5) is 8.78 Å². The summed E-state index contributed by atoms with van der Waals surface area (Å²) in [7, 11) is 0. The van der Waals surface area contributed by atoms with Crippen LogP contribution in [0.3, 0.4) is 0 Å². The van der Waals surface area contributed by atoms with Crippen LogP contribution >= 0.6 is 0 Å². The van der Waals surface area contributed by atoms with E-state index in [1.54, 1.807) is 19.1 Å². The quantitative estimate of drug-likeness (QED) is 0.231. The Morgan fingerprint density at radius 3 is 1.57 bits per heavy atom. The Hall–Kier alpha value is -2.20. The lowest BCUT2D eigenvalue weighted by Crippen LogP contribution is -2.66. The number of hydrogen-bond acceptors (Lipinski definition) is 6. The highest BCUT2D eigenvalue weighted by Crippen LogP contribution is 2.37. The molecule has 0 saturated heterocycles. The fourth-order valence-corrected chi connectivity index (χ4v) is 5.27. The molecule has 2 aromatic rings. The highest BCUT2D eigenvalue weighted by atomic mass is 19.1. The van der Waals surface area contributed by atoms with Crippen LogP contribution < -0.4 is 0 Å². The van der Waals surface area contributed by atoms with E-state index < -0.39 is 65.0 Å². The van der Waals surface area contributed by atoms with Crippen molar-refractivity contribution in [2.75, 3.05) is 6.61 Å². The molecule has 0 spiro atoms. The second kappa shape index (κ2) is 12.3. The van der Waals surface area contributed by atoms with E-state index in [0.717, 1.165) is 6.07 Å². The van der Waals surface area contributed by atoms with Crippen LogP contribution in [0.25, 0.3) is 0 Å². The molecule has 0 fully saturated rings. The van der Waals surface area contributed by atoms with Gasteiger partial charge < -0.3 is 30.6 Å². The molecule has 8 heteroatoms. The van der Waals surface area contributed by atoms with Crippen LogP contribution in [0.15, 0.2) is 48.6 Å². The molecular weight excluding hydrogens is 518 g/mol. The van der Waals surface area contributed by atoms with Gasteiger partial charge in [0.05, 0.1) is 6.61 Å². The first-order valence-corrected chi connectivity index (χ1v) is 13.5. The van der Waals surface area contributed by atoms with E-state index in [1.165, 1.54) is 18.2 Å². The summed E-state index contributed by atoms with van der Waals surface area (Å²) in [6.45, 7) is 15.5. The van der Waals surface area contributed by atoms with Gasteiger partial charge in [-0.2, -0.15) is 0 Å². The number of aliphatic hydroxyl groups excluding tert-OH is 4. The molecule has 0 aliphatic heterocycles. The van der Waals surface area contributed by atoms with Gasteiger partial charge in [-0.25, -0.2) is 8.78 Å². The largest absolute Gasteiger partial charge is 0.394 e. The fraction of sp³-hybridized carbons (Fsp3) is 0.562. The first-order chi connectivity index (χ1) is 18.2. The van der Waals surface area contributed by atoms with Crippen molar-refractivity contribution in [1.29, 1.82) is 0 Å². The molecule has 6 nitrogen and oxygen atoms in total. The number of hydrogen-bond donors (Lipinski definition) is 6. The van der Waals surface area contributed by atoms with E-state index in [-0.39, 0.29) is 18.4 Å². The lowest BCUT2D eigenvalue weighted by Gasteiger charge is -2.46. The van der Waals surface area contributed by atoms with E-state index in [2.05, 4.69) is 6.58 Å². The number of halogens is 2. The van der Waals surface area contributed by atoms with Gasteiger partial charge in [0.15, 0.2) is 0 Å². The van der Waals surface area contributed by atoms with E-state index in [4.69, 9.17) is 0 Å². The molecule has 0 aromatic heterocycles. The zero-order valence-corrected chi connectivity index (χ0v) is 24.7. The van der Waals surface area contributed by atoms with Crippen molar-refractivity contribution >= 4 is 0 Å². The van der Waals surface area contributed by atoms with Crippen LogP contribution in [0.5, 0.6) is 0 Å². The molecule has 6 N–H and O–H groups in total. The van der Waals surface area contributed by atoms with Gasteiger partial charge in [-0.3, -0.25) is 0 Å². The molecule has 0 aliphatic carbocycles. The van der Waals surface area contributed by atoms with E-state index in [9.17, 15) is 35.0 Å². The summed E-state index contributed by atoms with van der Waals surface area (Å²) in [5.41, 5.74) is -4.06. The molecule has 0 heterocycles. The van der Waals surface area contributed by atoms with Crippen molar-refractivity contribution in [1.82, 2.24) is 0 Å². The summed E-state index contributed by atoms with van der Waals surface area (Å²) in [6.07, 6.45) is -7.36. The van der Waals surface area contributed by atoms with Gasteiger partial charge in [-0.1, -0.05) is 71.4 Å². The van der Waals surface area contributed by atoms with Gasteiger partial charge in [-0.05, 0) is 58.6 Å². The van der Waals surface area contributed by atoms with Gasteiger partial charge >= 0.3 is 0 Å². The Morgan fingerprint density at radius 2 is 1.23 bits per heavy atom. The lowest BCUT2D eigenvalue weighted by molar-refractivity contribution is -0.228. The van der Waals surface area contributed by atoms with E-state index >= 15 is 4.39 Å². The molecule has 0 amide bonds. The Balaban J connectivity index is 2.61. The molecule has 0 bridgehead atoms. The van der Waals surface area contributed by atoms with Gasteiger partial charge in [-0.15, -0.1) is 6.58 Å². The van der Waals surface area contributed by atoms with Crippen LogP contribution in [0.1, 0.15) is 77.1 Å². The van der Waals surface area contributed by atoms with Crippen LogP contribution in [0.2, 0.25) is 0 Å². The summed E-state index contributed by atoms with van der Waals surface area (Å²) >= 11 is 0. The molecular formula is C32H46F2O6. The summed E-state index contributed by atoms with van der Waals surface area (Å²) in [5.74, 6) is -1.07. The molecule has 224 valence electrons. The minimum atomic E-state index is -2.66. The first kappa shape index (κ1) is 34.0. The molecule has 0 saturated carbocycles. The van der Waals surface area contributed by atoms with Crippen LogP contribution in [-0.2, 0) is 23.7 Å². The molecule has 2 rings (SSSR count). The average Bonchev–Trinajstić information content (AvgIpc) is 2.80. The monoisotopic (exact) mass is 564 g/mol. The van der Waals surface area contributed by atoms with E-state index in [1.807, 2.05) is 41.5 Å². The second-order valence-corrected chi connectivity index (χ2v) is 13.3. The highest BCUT2D eigenvalue weighted by Gasteiger charge is 2.54. The molecule has 0 aliphatic rings. The maximum Gasteiger partial charge on any atom is 0.127 e. The summed E-state index contributed by atoms with van der Waals surface area (Å²) in [6, 6.07) is 8.67. The summed E-state index contributed by atoms with van der Waals surface area (Å²) in [5, 5.41) is 66.0. The third kappa shape index (κ3) is 7.75. The highest BCUT2D eigenvalue weighted by molar-refractivity contribution is 5.33. The predicted molar refractivity (Wildman–Crippen MR) is 152 cm³/mol. The van der Waals surface area contributed by atoms with E-state index in [0.29, 0.717) is 22.3 Å². The average molecular weight is 565 g/mol. The fourth-order valence-electron chi connectivity index (χ4n) is 5.27. The minimum absolute atomic E-state index is 0.175. The van der Waals surface area contributed by atoms with Crippen molar-refractivity contribution < 1.29 is 39.4 Å². The summed E-state index contributed by atoms with van der Waals surface area (Å²) < 4.78 is 30.0. The Morgan fingerprint density at radius 1 is 0.800 bits per heavy atom. The zero-order valence-electron chi connectivity index (χ0n) is 24.7. The standard InChI is InChI=1S/C32H46F2O6/c1-19(2)15-31(39,16-20-9-11-22(24(33)13-20)29(3,4)5)28(38)32(40,27(37)26(36)18-35)17-21-10-12-23(25(34)14-21)30(6,7)8/h9-14,26-28,35-40H,1,15-18H2,2-8H3/t26-,27+,28+,31?,32+/m0/s1. The van der Waals surface area contributed by atoms with Gasteiger partial charge in [0.1, 0.15) is 41.1 Å². The molecule has 0 radical (unpaired) electrons. The van der Waals surface area contributed by atoms with Crippen molar-refractivity contribution in [2.45, 2.75) is 108 Å². The van der Waals surface area contributed by atoms with Gasteiger partial charge in [0, 0.05) is 12.8 Å². The van der Waals surface area contributed by atoms with Crippen LogP contribution in [0, 0.1) is 11.6 Å². The lowest BCUT2D eigenvalue weighted by atomic mass is 9.71. The number of benzene rings is 2. The van der Waals surface area contributed by atoms with Gasteiger partial charge in [0.25, 0.3) is 0 Å². The van der Waals surface area contributed by atoms with Crippen LogP contribution in [-0.4, -0.2) is 66.8 Å². The maximum absolute atomic E-state index is 15.0. The molecule has 2 aromatic carbocycles. The number of aliphatic hydroxyl groups is 6. The maximum atomic E-state index is 15.0. The molecule has 5 atom stereocenters. The van der Waals surface area contributed by atoms with Crippen molar-refractivity contribution in [2.24, 2.45) is 0 Å². The Labute approximate surface area is 236 Å². The topological polar surface area (TPSA) is 121 Å². The number of rotatable bonds is 11. The third-order valence-electron chi connectivity index (χ3n) is 7.33. The van der Waals surface area contributed by atoms with Crippen molar-refractivity contribution in [3.05, 3.63) is 82.4 Å². The molecule has 40 heavy (non-hydrogen) atoms. The minimum Gasteiger partial charge on any atom is -0.394 e. The Kier molecular flexibility index (Phi) is 10.5. The summed E-state index contributed by atoms with van der Waals surface area (Å²) in [4.78, 5) is 0. The second-order valence-electron chi connectivity index (χ2n) is 13.3. The normalized spacial score (nSPS) is 18.0. The Bertz CT molecular complexity index is 1180. The first-order valence-electron chi connectivity index (χ1n) is 13.5. The predicted octanol–water partition coefficient (Wildman–Crippen LogP) is 3.85. The van der Waals surface area contributed by atoms with Crippen molar-refractivity contribution in [3.8, 4) is 0 Å². The molecule has 1 unspecified atom stereocenters. The zero-order chi connectivity index (χ0) is 30.8.